The van der Waals surface area contributed by atoms with Crippen molar-refractivity contribution in [3.8, 4) is 0 Å². The van der Waals surface area contributed by atoms with E-state index in [0.717, 1.165) is 21.4 Å². The Hall–Kier alpha value is -3.26. The van der Waals surface area contributed by atoms with Crippen LogP contribution in [0.15, 0.2) is 70.1 Å². The van der Waals surface area contributed by atoms with E-state index < -0.39 is 11.9 Å². The van der Waals surface area contributed by atoms with Gasteiger partial charge in [0.1, 0.15) is 0 Å². The minimum absolute atomic E-state index is 0.00226. The molecule has 7 nitrogen and oxygen atoms in total. The van der Waals surface area contributed by atoms with E-state index in [1.807, 2.05) is 56.3 Å². The van der Waals surface area contributed by atoms with E-state index in [2.05, 4.69) is 22.0 Å². The largest absolute Gasteiger partial charge is 0.469 e. The fourth-order valence-corrected chi connectivity index (χ4v) is 4.88. The predicted octanol–water partition coefficient (Wildman–Crippen LogP) is 4.78. The van der Waals surface area contributed by atoms with Crippen LogP contribution >= 0.6 is 15.9 Å². The standard InChI is InChI=1S/C28H30BrN3O4/c1-18(2)22(15-26(33)36-3)28(35)32-17-31(27(34)20-7-5-4-6-8-20)16-25(32)24-14-13-23(30-24)19-9-11-21(29)12-10-19/h4-13,18,22,25H,14-17H2,1-3H3/t22-,25-/m0/s1. The molecule has 0 aliphatic carbocycles. The van der Waals surface area contributed by atoms with Gasteiger partial charge >= 0.3 is 5.97 Å². The molecule has 0 spiro atoms. The number of ether oxygens (including phenoxy) is 1. The van der Waals surface area contributed by atoms with Gasteiger partial charge in [0.05, 0.1) is 37.9 Å². The number of halogens is 1. The van der Waals surface area contributed by atoms with Crippen LogP contribution in [0.4, 0.5) is 0 Å². The monoisotopic (exact) mass is 551 g/mol. The Bertz CT molecular complexity index is 1190. The first-order chi connectivity index (χ1) is 17.3. The molecule has 0 aromatic heterocycles. The summed E-state index contributed by atoms with van der Waals surface area (Å²) < 4.78 is 5.84. The second-order valence-electron chi connectivity index (χ2n) is 9.39. The highest BCUT2D eigenvalue weighted by Gasteiger charge is 2.42. The van der Waals surface area contributed by atoms with Crippen LogP contribution in [-0.2, 0) is 14.3 Å². The number of allylic oxidation sites excluding steroid dienone is 1. The lowest BCUT2D eigenvalue weighted by Crippen LogP contribution is -2.46. The van der Waals surface area contributed by atoms with Crippen LogP contribution in [0.1, 0.15) is 42.6 Å². The second kappa shape index (κ2) is 11.2. The maximum atomic E-state index is 13.8. The molecule has 1 fully saturated rings. The minimum Gasteiger partial charge on any atom is -0.469 e. The maximum Gasteiger partial charge on any atom is 0.306 e. The summed E-state index contributed by atoms with van der Waals surface area (Å²) in [4.78, 5) is 47.4. The van der Waals surface area contributed by atoms with Gasteiger partial charge in [0.15, 0.2) is 0 Å². The highest BCUT2D eigenvalue weighted by atomic mass is 79.9. The van der Waals surface area contributed by atoms with Crippen molar-refractivity contribution in [1.82, 2.24) is 9.80 Å². The van der Waals surface area contributed by atoms with Crippen LogP contribution in [-0.4, -0.2) is 59.7 Å². The molecule has 2 aromatic rings. The number of carbonyl (C=O) groups excluding carboxylic acids is 3. The molecule has 0 unspecified atom stereocenters. The number of hydrogen-bond donors (Lipinski definition) is 0. The molecule has 0 bridgehead atoms. The molecule has 4 rings (SSSR count). The Balaban J connectivity index is 1.63. The van der Waals surface area contributed by atoms with Gasteiger partial charge in [-0.15, -0.1) is 0 Å². The number of hydrogen-bond acceptors (Lipinski definition) is 5. The summed E-state index contributed by atoms with van der Waals surface area (Å²) in [6.07, 6.45) is 2.64. The molecule has 2 heterocycles. The molecule has 8 heteroatoms. The predicted molar refractivity (Wildman–Crippen MR) is 142 cm³/mol. The van der Waals surface area contributed by atoms with Crippen molar-refractivity contribution in [2.75, 3.05) is 20.3 Å². The Kier molecular flexibility index (Phi) is 8.04. The number of benzene rings is 2. The highest BCUT2D eigenvalue weighted by Crippen LogP contribution is 2.30. The first-order valence-corrected chi connectivity index (χ1v) is 12.8. The summed E-state index contributed by atoms with van der Waals surface area (Å²) in [5.41, 5.74) is 3.26. The van der Waals surface area contributed by atoms with E-state index >= 15 is 0 Å². The quantitative estimate of drug-likeness (QED) is 0.464. The summed E-state index contributed by atoms with van der Waals surface area (Å²) in [7, 11) is 1.33. The zero-order valence-corrected chi connectivity index (χ0v) is 22.3. The van der Waals surface area contributed by atoms with E-state index in [0.29, 0.717) is 18.5 Å². The molecule has 0 N–H and O–H groups in total. The van der Waals surface area contributed by atoms with Gasteiger partial charge in [0, 0.05) is 28.7 Å². The van der Waals surface area contributed by atoms with Crippen molar-refractivity contribution in [3.05, 3.63) is 76.3 Å². The van der Waals surface area contributed by atoms with E-state index in [9.17, 15) is 14.4 Å². The van der Waals surface area contributed by atoms with Gasteiger partial charge < -0.3 is 14.5 Å². The first-order valence-electron chi connectivity index (χ1n) is 12.0. The van der Waals surface area contributed by atoms with Gasteiger partial charge in [-0.25, -0.2) is 0 Å². The number of rotatable bonds is 7. The third kappa shape index (κ3) is 5.59. The average Bonchev–Trinajstić information content (AvgIpc) is 3.55. The van der Waals surface area contributed by atoms with Crippen molar-refractivity contribution in [2.24, 2.45) is 16.8 Å². The van der Waals surface area contributed by atoms with Crippen molar-refractivity contribution in [3.63, 3.8) is 0 Å². The van der Waals surface area contributed by atoms with Crippen LogP contribution in [0.2, 0.25) is 0 Å². The van der Waals surface area contributed by atoms with Crippen LogP contribution in [0.3, 0.4) is 0 Å². The number of nitrogens with zero attached hydrogens (tertiary/aromatic N) is 3. The van der Waals surface area contributed by atoms with E-state index in [1.54, 1.807) is 21.9 Å². The van der Waals surface area contributed by atoms with Gasteiger partial charge in [0.25, 0.3) is 5.91 Å². The summed E-state index contributed by atoms with van der Waals surface area (Å²) in [5.74, 6) is -1.34. The van der Waals surface area contributed by atoms with Crippen molar-refractivity contribution >= 4 is 45.1 Å². The lowest BCUT2D eigenvalue weighted by atomic mass is 9.90. The lowest BCUT2D eigenvalue weighted by Gasteiger charge is -2.29. The summed E-state index contributed by atoms with van der Waals surface area (Å²) in [5, 5.41) is 0. The van der Waals surface area contributed by atoms with Crippen LogP contribution in [0.25, 0.3) is 5.70 Å². The van der Waals surface area contributed by atoms with E-state index in [-0.39, 0.29) is 36.9 Å². The van der Waals surface area contributed by atoms with Crippen LogP contribution in [0.5, 0.6) is 0 Å². The Labute approximate surface area is 220 Å². The number of amides is 2. The fourth-order valence-electron chi connectivity index (χ4n) is 4.61. The maximum absolute atomic E-state index is 13.8. The second-order valence-corrected chi connectivity index (χ2v) is 10.3. The number of carbonyl (C=O) groups is 3. The zero-order chi connectivity index (χ0) is 25.8. The van der Waals surface area contributed by atoms with E-state index in [4.69, 9.17) is 9.73 Å². The van der Waals surface area contributed by atoms with Crippen LogP contribution < -0.4 is 0 Å². The average molecular weight is 552 g/mol. The Morgan fingerprint density at radius 1 is 1.08 bits per heavy atom. The molecule has 2 aliphatic heterocycles. The van der Waals surface area contributed by atoms with E-state index in [1.165, 1.54) is 7.11 Å². The highest BCUT2D eigenvalue weighted by molar-refractivity contribution is 9.10. The summed E-state index contributed by atoms with van der Waals surface area (Å²) in [6.45, 7) is 4.34. The van der Waals surface area contributed by atoms with Crippen LogP contribution in [0, 0.1) is 11.8 Å². The van der Waals surface area contributed by atoms with Gasteiger partial charge in [-0.05, 0) is 35.7 Å². The SMILES string of the molecule is COC(=O)C[C@H](C(=O)N1CN(C(=O)c2ccccc2)C[C@H]1C1=NC(c2ccc(Br)cc2)=CC1)C(C)C. The summed E-state index contributed by atoms with van der Waals surface area (Å²) in [6, 6.07) is 16.6. The third-order valence-electron chi connectivity index (χ3n) is 6.71. The molecule has 0 radical (unpaired) electrons. The van der Waals surface area contributed by atoms with Gasteiger partial charge in [-0.1, -0.05) is 66.2 Å². The molecule has 36 heavy (non-hydrogen) atoms. The van der Waals surface area contributed by atoms with Gasteiger partial charge in [0.2, 0.25) is 5.91 Å². The minimum atomic E-state index is -0.548. The molecule has 2 aromatic carbocycles. The smallest absolute Gasteiger partial charge is 0.306 e. The molecule has 2 aliphatic rings. The molecule has 2 amide bonds. The lowest BCUT2D eigenvalue weighted by molar-refractivity contribution is -0.148. The van der Waals surface area contributed by atoms with Crippen molar-refractivity contribution in [2.45, 2.75) is 32.7 Å². The molecule has 1 saturated heterocycles. The molecular weight excluding hydrogens is 522 g/mol. The number of esters is 1. The molecule has 0 saturated carbocycles. The van der Waals surface area contributed by atoms with Crippen molar-refractivity contribution < 1.29 is 19.1 Å². The molecule has 188 valence electrons. The number of methoxy groups -OCH3 is 1. The first kappa shape index (κ1) is 25.8. The number of aliphatic imine (C=N–C) groups is 1. The van der Waals surface area contributed by atoms with Gasteiger partial charge in [-0.2, -0.15) is 0 Å². The molecule has 2 atom stereocenters. The Morgan fingerprint density at radius 3 is 2.42 bits per heavy atom. The fraction of sp³-hybridized carbons (Fsp3) is 0.357. The van der Waals surface area contributed by atoms with Crippen molar-refractivity contribution in [1.29, 1.82) is 0 Å². The zero-order valence-electron chi connectivity index (χ0n) is 20.7. The summed E-state index contributed by atoms with van der Waals surface area (Å²) >= 11 is 3.46. The topological polar surface area (TPSA) is 79.3 Å². The van der Waals surface area contributed by atoms with Gasteiger partial charge in [-0.3, -0.25) is 19.4 Å². The Morgan fingerprint density at radius 2 is 1.78 bits per heavy atom. The molecular formula is C28H30BrN3O4. The third-order valence-corrected chi connectivity index (χ3v) is 7.24. The normalized spacial score (nSPS) is 18.2.